The molecule has 0 saturated heterocycles. The number of carbonyl (C=O) groups excluding carboxylic acids is 1. The van der Waals surface area contributed by atoms with E-state index in [0.29, 0.717) is 25.0 Å². The number of aliphatic hydroxyl groups is 1. The highest BCUT2D eigenvalue weighted by Gasteiger charge is 2.68. The molecule has 160 valence electrons. The first kappa shape index (κ1) is 21.6. The van der Waals surface area contributed by atoms with Crippen LogP contribution in [0, 0.1) is 12.8 Å². The van der Waals surface area contributed by atoms with Gasteiger partial charge in [-0.15, -0.1) is 0 Å². The summed E-state index contributed by atoms with van der Waals surface area (Å²) in [5.41, 5.74) is -1.31. The third kappa shape index (κ3) is 3.99. The molecule has 5 nitrogen and oxygen atoms in total. The molecular weight excluding hydrogens is 385 g/mol. The van der Waals surface area contributed by atoms with Crippen LogP contribution in [0.3, 0.4) is 0 Å². The Morgan fingerprint density at radius 3 is 2.72 bits per heavy atom. The number of aryl methyl sites for hydroxylation is 1. The minimum absolute atomic E-state index is 0.117. The maximum Gasteiger partial charge on any atom is 0.439 e. The minimum Gasteiger partial charge on any atom is -0.483 e. The van der Waals surface area contributed by atoms with Gasteiger partial charge in [-0.1, -0.05) is 38.8 Å². The van der Waals surface area contributed by atoms with Crippen molar-refractivity contribution >= 4 is 11.6 Å². The predicted octanol–water partition coefficient (Wildman–Crippen LogP) is 4.53. The van der Waals surface area contributed by atoms with Gasteiger partial charge in [0.1, 0.15) is 5.75 Å². The molecule has 1 aromatic rings. The number of hydrogen-bond acceptors (Lipinski definition) is 4. The average Bonchev–Trinajstić information content (AvgIpc) is 2.79. The molecule has 1 fully saturated rings. The second-order valence-corrected chi connectivity index (χ2v) is 8.16. The van der Waals surface area contributed by atoms with Crippen LogP contribution in [0.4, 0.5) is 13.2 Å². The van der Waals surface area contributed by atoms with Crippen LogP contribution in [0.25, 0.3) is 0 Å². The van der Waals surface area contributed by atoms with E-state index >= 15 is 0 Å². The molecule has 3 rings (SSSR count). The van der Waals surface area contributed by atoms with E-state index in [-0.39, 0.29) is 23.1 Å². The lowest BCUT2D eigenvalue weighted by Crippen LogP contribution is -2.61. The zero-order valence-corrected chi connectivity index (χ0v) is 16.9. The van der Waals surface area contributed by atoms with Crippen molar-refractivity contribution in [2.75, 3.05) is 6.61 Å². The van der Waals surface area contributed by atoms with Crippen molar-refractivity contribution in [3.8, 4) is 5.75 Å². The second kappa shape index (κ2) is 7.97. The molecule has 1 N–H and O–H groups in total. The summed E-state index contributed by atoms with van der Waals surface area (Å²) in [6, 6.07) is 5.53. The fourth-order valence-electron chi connectivity index (χ4n) is 4.09. The maximum atomic E-state index is 13.9. The third-order valence-electron chi connectivity index (χ3n) is 5.66. The normalized spacial score (nSPS) is 24.9. The first-order valence-corrected chi connectivity index (χ1v) is 9.98. The van der Waals surface area contributed by atoms with Gasteiger partial charge in [-0.2, -0.15) is 23.3 Å². The lowest BCUT2D eigenvalue weighted by atomic mass is 9.87. The molecule has 0 unspecified atom stereocenters. The molecule has 0 spiro atoms. The molecule has 29 heavy (non-hydrogen) atoms. The van der Waals surface area contributed by atoms with Crippen molar-refractivity contribution in [3.05, 3.63) is 29.3 Å². The number of ether oxygens (including phenoxy) is 1. The first-order valence-electron chi connectivity index (χ1n) is 9.98. The van der Waals surface area contributed by atoms with Crippen LogP contribution in [0.2, 0.25) is 0 Å². The summed E-state index contributed by atoms with van der Waals surface area (Å²) in [6.07, 6.45) is -2.48. The number of fused-ring (bicyclic) bond motifs is 1. The first-order chi connectivity index (χ1) is 13.6. The molecule has 1 saturated carbocycles. The van der Waals surface area contributed by atoms with Gasteiger partial charge in [-0.05, 0) is 49.3 Å². The van der Waals surface area contributed by atoms with Gasteiger partial charge in [0.2, 0.25) is 0 Å². The Morgan fingerprint density at radius 2 is 2.07 bits per heavy atom. The van der Waals surface area contributed by atoms with Crippen molar-refractivity contribution in [1.82, 2.24) is 5.01 Å². The molecular formula is C21H27F3N2O3. The van der Waals surface area contributed by atoms with Crippen LogP contribution in [0.15, 0.2) is 23.3 Å². The molecule has 2 atom stereocenters. The number of hydrazone groups is 1. The Morgan fingerprint density at radius 1 is 1.34 bits per heavy atom. The molecule has 0 bridgehead atoms. The zero-order valence-electron chi connectivity index (χ0n) is 16.9. The number of benzene rings is 1. The summed E-state index contributed by atoms with van der Waals surface area (Å²) in [5, 5.41) is 14.8. The number of hydrogen-bond donors (Lipinski definition) is 1. The second-order valence-electron chi connectivity index (χ2n) is 8.16. The van der Waals surface area contributed by atoms with E-state index in [0.717, 1.165) is 17.5 Å². The van der Waals surface area contributed by atoms with Crippen LogP contribution in [0.1, 0.15) is 63.0 Å². The van der Waals surface area contributed by atoms with Crippen LogP contribution >= 0.6 is 0 Å². The van der Waals surface area contributed by atoms with Gasteiger partial charge in [0.05, 0.1) is 5.92 Å². The van der Waals surface area contributed by atoms with Crippen LogP contribution in [-0.2, 0) is 4.79 Å². The molecule has 1 heterocycles. The fourth-order valence-corrected chi connectivity index (χ4v) is 4.09. The van der Waals surface area contributed by atoms with Gasteiger partial charge in [0.15, 0.2) is 6.61 Å². The van der Waals surface area contributed by atoms with Gasteiger partial charge < -0.3 is 9.84 Å². The quantitative estimate of drug-likeness (QED) is 0.791. The largest absolute Gasteiger partial charge is 0.483 e. The van der Waals surface area contributed by atoms with Crippen molar-refractivity contribution in [2.24, 2.45) is 11.0 Å². The highest BCUT2D eigenvalue weighted by atomic mass is 19.4. The van der Waals surface area contributed by atoms with Gasteiger partial charge in [-0.25, -0.2) is 0 Å². The van der Waals surface area contributed by atoms with Crippen LogP contribution in [0.5, 0.6) is 5.75 Å². The number of carbonyl (C=O) groups is 1. The lowest BCUT2D eigenvalue weighted by molar-refractivity contribution is -0.317. The monoisotopic (exact) mass is 412 g/mol. The summed E-state index contributed by atoms with van der Waals surface area (Å²) in [5.74, 6) is -1.67. The van der Waals surface area contributed by atoms with Crippen molar-refractivity contribution in [3.63, 3.8) is 0 Å². The number of amides is 1. The summed E-state index contributed by atoms with van der Waals surface area (Å²) < 4.78 is 47.3. The highest BCUT2D eigenvalue weighted by Crippen LogP contribution is 2.47. The Bertz CT molecular complexity index is 807. The molecule has 1 aromatic carbocycles. The number of halogens is 3. The van der Waals surface area contributed by atoms with Crippen molar-refractivity contribution < 1.29 is 27.8 Å². The number of rotatable bonds is 4. The van der Waals surface area contributed by atoms with Gasteiger partial charge in [0, 0.05) is 5.71 Å². The van der Waals surface area contributed by atoms with Gasteiger partial charge >= 0.3 is 6.18 Å². The maximum absolute atomic E-state index is 13.9. The van der Waals surface area contributed by atoms with Crippen LogP contribution in [-0.4, -0.2) is 40.2 Å². The summed E-state index contributed by atoms with van der Waals surface area (Å²) in [6.45, 7) is 5.15. The minimum atomic E-state index is -5.02. The summed E-state index contributed by atoms with van der Waals surface area (Å²) >= 11 is 0. The van der Waals surface area contributed by atoms with E-state index in [1.54, 1.807) is 6.07 Å². The SMILES string of the molecule is Cc1ccc(C(C)C)c(OCC(=O)N2N=C3CCCCC[C@@H]3[C@@]2(O)C(F)(F)F)c1. The lowest BCUT2D eigenvalue weighted by Gasteiger charge is -2.37. The zero-order chi connectivity index (χ0) is 21.4. The van der Waals surface area contributed by atoms with Crippen molar-refractivity contribution in [2.45, 2.75) is 70.7 Å². The number of alkyl halides is 3. The Kier molecular flexibility index (Phi) is 5.94. The van der Waals surface area contributed by atoms with E-state index < -0.39 is 30.3 Å². The van der Waals surface area contributed by atoms with E-state index in [9.17, 15) is 23.1 Å². The predicted molar refractivity (Wildman–Crippen MR) is 103 cm³/mol. The molecule has 2 aliphatic rings. The Balaban J connectivity index is 1.85. The topological polar surface area (TPSA) is 62.1 Å². The smallest absolute Gasteiger partial charge is 0.439 e. The standard InChI is InChI=1S/C21H27F3N2O3/c1-13(2)15-10-9-14(3)11-18(15)29-12-19(27)26-20(28,21(22,23)24)16-7-5-4-6-8-17(16)25-26/h9-11,13,16,28H,4-8,12H2,1-3H3/t16-,20+/m0/s1. The van der Waals surface area contributed by atoms with Gasteiger partial charge in [0.25, 0.3) is 11.6 Å². The van der Waals surface area contributed by atoms with Crippen LogP contribution < -0.4 is 4.74 Å². The molecule has 1 aliphatic carbocycles. The summed E-state index contributed by atoms with van der Waals surface area (Å²) in [4.78, 5) is 12.7. The molecule has 0 radical (unpaired) electrons. The number of nitrogens with zero attached hydrogens (tertiary/aromatic N) is 2. The van der Waals surface area contributed by atoms with Gasteiger partial charge in [-0.3, -0.25) is 4.79 Å². The fraction of sp³-hybridized carbons (Fsp3) is 0.619. The van der Waals surface area contributed by atoms with E-state index in [1.807, 2.05) is 32.9 Å². The Labute approximate surface area is 168 Å². The molecule has 1 amide bonds. The summed E-state index contributed by atoms with van der Waals surface area (Å²) in [7, 11) is 0. The third-order valence-corrected chi connectivity index (χ3v) is 5.66. The van der Waals surface area contributed by atoms with E-state index in [1.165, 1.54) is 0 Å². The highest BCUT2D eigenvalue weighted by molar-refractivity contribution is 5.93. The van der Waals surface area contributed by atoms with Crippen molar-refractivity contribution in [1.29, 1.82) is 0 Å². The van der Waals surface area contributed by atoms with E-state index in [4.69, 9.17) is 4.74 Å². The average molecular weight is 412 g/mol. The molecule has 0 aromatic heterocycles. The van der Waals surface area contributed by atoms with E-state index in [2.05, 4.69) is 5.10 Å². The Hall–Kier alpha value is -2.09. The molecule has 1 aliphatic heterocycles. The molecule has 8 heteroatoms.